The molecule has 0 aliphatic rings. The second kappa shape index (κ2) is 4.89. The van der Waals surface area contributed by atoms with Gasteiger partial charge in [0.05, 0.1) is 13.1 Å². The van der Waals surface area contributed by atoms with E-state index in [1.54, 1.807) is 0 Å². The third-order valence-corrected chi connectivity index (χ3v) is 2.99. The van der Waals surface area contributed by atoms with E-state index in [1.165, 1.54) is 11.0 Å². The second-order valence-electron chi connectivity index (χ2n) is 3.78. The normalized spacial score (nSPS) is 10.5. The van der Waals surface area contributed by atoms with Gasteiger partial charge in [-0.3, -0.25) is 0 Å². The van der Waals surface area contributed by atoms with Crippen LogP contribution in [0.25, 0.3) is 21.5 Å². The van der Waals surface area contributed by atoms with Crippen molar-refractivity contribution in [2.24, 2.45) is 5.11 Å². The summed E-state index contributed by atoms with van der Waals surface area (Å²) in [5, 5.41) is 3.69. The lowest BCUT2D eigenvalue weighted by atomic mass is 10.3. The highest BCUT2D eigenvalue weighted by Gasteiger charge is 2.21. The van der Waals surface area contributed by atoms with Crippen LogP contribution < -0.4 is 4.57 Å². The second-order valence-corrected chi connectivity index (χ2v) is 3.78. The lowest BCUT2D eigenvalue weighted by molar-refractivity contribution is -0.676. The molecule has 0 fully saturated rings. The zero-order valence-electron chi connectivity index (χ0n) is 10.2. The molecule has 2 aromatic rings. The van der Waals surface area contributed by atoms with Gasteiger partial charge in [0, 0.05) is 4.91 Å². The number of benzene rings is 1. The van der Waals surface area contributed by atoms with Crippen LogP contribution in [-0.4, -0.2) is 4.57 Å². The predicted octanol–water partition coefficient (Wildman–Crippen LogP) is 2.78. The molecule has 0 amide bonds. The molecule has 5 heteroatoms. The zero-order valence-corrected chi connectivity index (χ0v) is 10.2. The van der Waals surface area contributed by atoms with E-state index in [2.05, 4.69) is 45.1 Å². The minimum Gasteiger partial charge on any atom is -0.227 e. The van der Waals surface area contributed by atoms with Gasteiger partial charge < -0.3 is 0 Å². The van der Waals surface area contributed by atoms with Crippen molar-refractivity contribution in [3.63, 3.8) is 0 Å². The number of imidazole rings is 1. The van der Waals surface area contributed by atoms with Gasteiger partial charge in [0.15, 0.2) is 11.0 Å². The Morgan fingerprint density at radius 1 is 1.35 bits per heavy atom. The van der Waals surface area contributed by atoms with E-state index in [0.29, 0.717) is 6.54 Å². The van der Waals surface area contributed by atoms with Crippen molar-refractivity contribution >= 4 is 11.0 Å². The molecule has 1 aromatic carbocycles. The van der Waals surface area contributed by atoms with Crippen molar-refractivity contribution in [2.45, 2.75) is 33.5 Å². The Morgan fingerprint density at radius 2 is 2.12 bits per heavy atom. The van der Waals surface area contributed by atoms with Gasteiger partial charge in [0.25, 0.3) is 5.82 Å². The summed E-state index contributed by atoms with van der Waals surface area (Å²) in [6, 6.07) is 8.27. The van der Waals surface area contributed by atoms with Crippen LogP contribution in [0.2, 0.25) is 0 Å². The summed E-state index contributed by atoms with van der Waals surface area (Å²) in [6.45, 7) is 6.36. The molecule has 88 valence electrons. The number of hydrogen-bond acceptors (Lipinski definition) is 1. The fourth-order valence-electron chi connectivity index (χ4n) is 2.32. The third kappa shape index (κ3) is 1.85. The highest BCUT2D eigenvalue weighted by Crippen LogP contribution is 2.15. The topological polar surface area (TPSA) is 57.6 Å². The molecule has 0 saturated carbocycles. The van der Waals surface area contributed by atoms with Gasteiger partial charge in [-0.15, -0.1) is 0 Å². The fraction of sp³-hybridized carbons (Fsp3) is 0.417. The lowest BCUT2D eigenvalue weighted by Crippen LogP contribution is -2.36. The summed E-state index contributed by atoms with van der Waals surface area (Å²) >= 11 is 0. The third-order valence-electron chi connectivity index (χ3n) is 2.99. The minimum atomic E-state index is 0.396. The van der Waals surface area contributed by atoms with Gasteiger partial charge in [-0.1, -0.05) is 17.2 Å². The number of azide groups is 1. The predicted molar refractivity (Wildman–Crippen MR) is 66.3 cm³/mol. The summed E-state index contributed by atoms with van der Waals surface area (Å²) < 4.78 is 4.40. The highest BCUT2D eigenvalue weighted by molar-refractivity contribution is 5.72. The van der Waals surface area contributed by atoms with E-state index >= 15 is 0 Å². The van der Waals surface area contributed by atoms with Gasteiger partial charge in [-0.2, -0.15) is 0 Å². The maximum Gasteiger partial charge on any atom is 0.263 e. The first-order valence-corrected chi connectivity index (χ1v) is 5.84. The Kier molecular flexibility index (Phi) is 3.30. The number of aromatic nitrogens is 2. The molecule has 2 rings (SSSR count). The number of para-hydroxylation sites is 2. The van der Waals surface area contributed by atoms with Crippen molar-refractivity contribution in [3.05, 3.63) is 40.5 Å². The first-order chi connectivity index (χ1) is 8.33. The van der Waals surface area contributed by atoms with Crippen LogP contribution in [0.4, 0.5) is 0 Å². The number of hydrogen-bond donors (Lipinski definition) is 0. The van der Waals surface area contributed by atoms with Crippen LogP contribution in [-0.2, 0) is 19.6 Å². The number of nitrogens with zero attached hydrogens (tertiary/aromatic N) is 5. The first-order valence-electron chi connectivity index (χ1n) is 5.84. The Labute approximate surface area is 99.9 Å². The number of rotatable bonds is 4. The van der Waals surface area contributed by atoms with Crippen molar-refractivity contribution in [2.75, 3.05) is 0 Å². The van der Waals surface area contributed by atoms with Crippen LogP contribution >= 0.6 is 0 Å². The number of fused-ring (bicyclic) bond motifs is 1. The molecule has 0 atom stereocenters. The van der Waals surface area contributed by atoms with E-state index in [4.69, 9.17) is 5.53 Å². The molecule has 0 spiro atoms. The SMILES string of the molecule is CCn1c(CN=[N+]=[N-])[n+](CC)c2ccccc21. The fourth-order valence-corrected chi connectivity index (χ4v) is 2.32. The van der Waals surface area contributed by atoms with Gasteiger partial charge in [0.2, 0.25) is 0 Å². The Balaban J connectivity index is 2.73. The van der Waals surface area contributed by atoms with Crippen molar-refractivity contribution in [1.82, 2.24) is 4.57 Å². The Bertz CT molecular complexity index is 537. The molecular formula is C12H16N5+. The van der Waals surface area contributed by atoms with Gasteiger partial charge >= 0.3 is 0 Å². The van der Waals surface area contributed by atoms with Crippen molar-refractivity contribution in [1.29, 1.82) is 0 Å². The maximum atomic E-state index is 8.47. The van der Waals surface area contributed by atoms with Crippen LogP contribution in [0.15, 0.2) is 29.4 Å². The molecule has 1 heterocycles. The summed E-state index contributed by atoms with van der Waals surface area (Å²) in [5.74, 6) is 1.06. The quantitative estimate of drug-likeness (QED) is 0.335. The van der Waals surface area contributed by atoms with Gasteiger partial charge in [-0.25, -0.2) is 9.13 Å². The number of aryl methyl sites for hydroxylation is 2. The summed E-state index contributed by atoms with van der Waals surface area (Å²) in [7, 11) is 0. The Morgan fingerprint density at radius 3 is 2.76 bits per heavy atom. The van der Waals surface area contributed by atoms with Crippen molar-refractivity contribution < 1.29 is 4.57 Å². The zero-order chi connectivity index (χ0) is 12.3. The molecule has 17 heavy (non-hydrogen) atoms. The summed E-state index contributed by atoms with van der Waals surface area (Å²) in [4.78, 5) is 2.85. The molecule has 0 saturated heterocycles. The molecule has 0 radical (unpaired) electrons. The summed E-state index contributed by atoms with van der Waals surface area (Å²) in [6.07, 6.45) is 0. The van der Waals surface area contributed by atoms with E-state index in [0.717, 1.165) is 18.9 Å². The minimum absolute atomic E-state index is 0.396. The molecular weight excluding hydrogens is 214 g/mol. The maximum absolute atomic E-state index is 8.47. The molecule has 0 N–H and O–H groups in total. The average molecular weight is 230 g/mol. The van der Waals surface area contributed by atoms with Crippen LogP contribution in [0.3, 0.4) is 0 Å². The Hall–Kier alpha value is -2.00. The van der Waals surface area contributed by atoms with Gasteiger partial charge in [-0.05, 0) is 31.5 Å². The van der Waals surface area contributed by atoms with E-state index in [-0.39, 0.29) is 0 Å². The first kappa shape index (κ1) is 11.5. The average Bonchev–Trinajstić information content (AvgIpc) is 2.68. The standard InChI is InChI=1S/C12H16N5/c1-3-16-10-7-5-6-8-11(10)17(4-2)12(16)9-14-15-13/h5-8H,3-4,9H2,1-2H3/q+1. The molecule has 5 nitrogen and oxygen atoms in total. The largest absolute Gasteiger partial charge is 0.263 e. The molecule has 0 aliphatic heterocycles. The van der Waals surface area contributed by atoms with E-state index in [9.17, 15) is 0 Å². The van der Waals surface area contributed by atoms with Gasteiger partial charge in [0.1, 0.15) is 6.54 Å². The molecule has 0 aliphatic carbocycles. The van der Waals surface area contributed by atoms with Crippen LogP contribution in [0.5, 0.6) is 0 Å². The van der Waals surface area contributed by atoms with Crippen LogP contribution in [0, 0.1) is 0 Å². The van der Waals surface area contributed by atoms with Crippen LogP contribution in [0.1, 0.15) is 19.7 Å². The molecule has 0 bridgehead atoms. The lowest BCUT2D eigenvalue weighted by Gasteiger charge is -1.98. The molecule has 0 unspecified atom stereocenters. The monoisotopic (exact) mass is 230 g/mol. The molecule has 1 aromatic heterocycles. The summed E-state index contributed by atoms with van der Waals surface area (Å²) in [5.41, 5.74) is 10.9. The highest BCUT2D eigenvalue weighted by atomic mass is 15.2. The van der Waals surface area contributed by atoms with E-state index in [1.807, 2.05) is 12.1 Å². The van der Waals surface area contributed by atoms with Crippen molar-refractivity contribution in [3.8, 4) is 0 Å². The smallest absolute Gasteiger partial charge is 0.227 e. The van der Waals surface area contributed by atoms with E-state index < -0.39 is 0 Å².